The van der Waals surface area contributed by atoms with Crippen LogP contribution < -0.4 is 5.32 Å². The molecule has 1 rings (SSSR count). The number of aryl methyl sites for hydroxylation is 1. The van der Waals surface area contributed by atoms with Crippen molar-refractivity contribution in [2.24, 2.45) is 0 Å². The van der Waals surface area contributed by atoms with Crippen LogP contribution >= 0.6 is 0 Å². The maximum absolute atomic E-state index is 4.01. The van der Waals surface area contributed by atoms with Crippen molar-refractivity contribution < 1.29 is 0 Å². The summed E-state index contributed by atoms with van der Waals surface area (Å²) < 4.78 is 0. The lowest BCUT2D eigenvalue weighted by Gasteiger charge is -2.11. The Labute approximate surface area is 67.7 Å². The molecule has 2 heteroatoms. The minimum absolute atomic E-state index is 0.482. The zero-order chi connectivity index (χ0) is 8.27. The summed E-state index contributed by atoms with van der Waals surface area (Å²) in [6.07, 6.45) is 3.67. The molecule has 60 valence electrons. The summed E-state index contributed by atoms with van der Waals surface area (Å²) in [5.74, 6) is 0. The molecule has 1 heterocycles. The van der Waals surface area contributed by atoms with Gasteiger partial charge in [0.25, 0.3) is 0 Å². The van der Waals surface area contributed by atoms with E-state index in [2.05, 4.69) is 31.1 Å². The molecule has 0 amide bonds. The van der Waals surface area contributed by atoms with Crippen LogP contribution in [0.5, 0.6) is 0 Å². The highest BCUT2D eigenvalue weighted by molar-refractivity contribution is 5.48. The predicted octanol–water partition coefficient (Wildman–Crippen LogP) is 2.21. The SMILES string of the molecule is Cc1cnccc1NC(C)C. The molecule has 0 spiro atoms. The Morgan fingerprint density at radius 3 is 2.73 bits per heavy atom. The maximum atomic E-state index is 4.01. The molecule has 0 saturated carbocycles. The number of hydrogen-bond donors (Lipinski definition) is 1. The Morgan fingerprint density at radius 1 is 1.45 bits per heavy atom. The van der Waals surface area contributed by atoms with E-state index in [9.17, 15) is 0 Å². The van der Waals surface area contributed by atoms with Crippen LogP contribution in [-0.2, 0) is 0 Å². The molecule has 0 aliphatic carbocycles. The number of hydrogen-bond acceptors (Lipinski definition) is 2. The highest BCUT2D eigenvalue weighted by Gasteiger charge is 1.97. The zero-order valence-corrected chi connectivity index (χ0v) is 7.26. The Morgan fingerprint density at radius 2 is 2.18 bits per heavy atom. The molecule has 1 aromatic rings. The Kier molecular flexibility index (Phi) is 2.47. The number of nitrogens with one attached hydrogen (secondary N) is 1. The standard InChI is InChI=1S/C9H14N2/c1-7(2)11-9-4-5-10-6-8(9)3/h4-7H,1-3H3,(H,10,11). The zero-order valence-electron chi connectivity index (χ0n) is 7.26. The quantitative estimate of drug-likeness (QED) is 0.699. The molecule has 0 saturated heterocycles. The highest BCUT2D eigenvalue weighted by Crippen LogP contribution is 2.12. The third kappa shape index (κ3) is 2.22. The Hall–Kier alpha value is -1.05. The maximum Gasteiger partial charge on any atom is 0.0402 e. The van der Waals surface area contributed by atoms with Gasteiger partial charge in [0, 0.05) is 24.1 Å². The molecule has 0 aliphatic rings. The van der Waals surface area contributed by atoms with Crippen LogP contribution in [-0.4, -0.2) is 11.0 Å². The average Bonchev–Trinajstić information content (AvgIpc) is 1.93. The second-order valence-corrected chi connectivity index (χ2v) is 2.99. The third-order valence-electron chi connectivity index (χ3n) is 1.46. The van der Waals surface area contributed by atoms with Crippen molar-refractivity contribution in [2.45, 2.75) is 26.8 Å². The lowest BCUT2D eigenvalue weighted by molar-refractivity contribution is 0.896. The lowest BCUT2D eigenvalue weighted by Crippen LogP contribution is -2.10. The van der Waals surface area contributed by atoms with E-state index in [1.807, 2.05) is 12.3 Å². The number of pyridine rings is 1. The van der Waals surface area contributed by atoms with Crippen molar-refractivity contribution in [3.8, 4) is 0 Å². The van der Waals surface area contributed by atoms with Crippen molar-refractivity contribution >= 4 is 5.69 Å². The van der Waals surface area contributed by atoms with E-state index in [0.717, 1.165) is 0 Å². The van der Waals surface area contributed by atoms with Gasteiger partial charge in [0.2, 0.25) is 0 Å². The van der Waals surface area contributed by atoms with E-state index < -0.39 is 0 Å². The van der Waals surface area contributed by atoms with Crippen molar-refractivity contribution in [3.05, 3.63) is 24.0 Å². The van der Waals surface area contributed by atoms with E-state index in [1.165, 1.54) is 11.3 Å². The van der Waals surface area contributed by atoms with Crippen LogP contribution in [0.25, 0.3) is 0 Å². The summed E-state index contributed by atoms with van der Waals surface area (Å²) in [6, 6.07) is 2.48. The fourth-order valence-electron chi connectivity index (χ4n) is 0.946. The highest BCUT2D eigenvalue weighted by atomic mass is 14.9. The smallest absolute Gasteiger partial charge is 0.0402 e. The summed E-state index contributed by atoms with van der Waals surface area (Å²) in [5.41, 5.74) is 2.37. The number of nitrogens with zero attached hydrogens (tertiary/aromatic N) is 1. The van der Waals surface area contributed by atoms with Crippen LogP contribution in [0.2, 0.25) is 0 Å². The first-order chi connectivity index (χ1) is 5.20. The minimum Gasteiger partial charge on any atom is -0.383 e. The molecule has 0 fully saturated rings. The first kappa shape index (κ1) is 8.05. The Bertz CT molecular complexity index is 231. The molecular weight excluding hydrogens is 136 g/mol. The van der Waals surface area contributed by atoms with Crippen LogP contribution in [0.15, 0.2) is 18.5 Å². The third-order valence-corrected chi connectivity index (χ3v) is 1.46. The van der Waals surface area contributed by atoms with Gasteiger partial charge in [-0.25, -0.2) is 0 Å². The van der Waals surface area contributed by atoms with Gasteiger partial charge in [-0.05, 0) is 32.4 Å². The number of rotatable bonds is 2. The summed E-state index contributed by atoms with van der Waals surface area (Å²) in [4.78, 5) is 4.01. The second-order valence-electron chi connectivity index (χ2n) is 2.99. The van der Waals surface area contributed by atoms with E-state index in [0.29, 0.717) is 6.04 Å². The molecule has 2 nitrogen and oxygen atoms in total. The van der Waals surface area contributed by atoms with Gasteiger partial charge in [-0.3, -0.25) is 4.98 Å². The van der Waals surface area contributed by atoms with Crippen molar-refractivity contribution in [1.82, 2.24) is 4.98 Å². The van der Waals surface area contributed by atoms with Gasteiger partial charge in [-0.15, -0.1) is 0 Å². The predicted molar refractivity (Wildman–Crippen MR) is 47.7 cm³/mol. The fourth-order valence-corrected chi connectivity index (χ4v) is 0.946. The van der Waals surface area contributed by atoms with E-state index in [-0.39, 0.29) is 0 Å². The van der Waals surface area contributed by atoms with Gasteiger partial charge < -0.3 is 5.32 Å². The van der Waals surface area contributed by atoms with Crippen LogP contribution in [0.1, 0.15) is 19.4 Å². The van der Waals surface area contributed by atoms with Crippen molar-refractivity contribution in [3.63, 3.8) is 0 Å². The largest absolute Gasteiger partial charge is 0.383 e. The van der Waals surface area contributed by atoms with Gasteiger partial charge in [-0.2, -0.15) is 0 Å². The summed E-state index contributed by atoms with van der Waals surface area (Å²) in [5, 5.41) is 3.33. The Balaban J connectivity index is 2.78. The molecule has 11 heavy (non-hydrogen) atoms. The normalized spacial score (nSPS) is 10.2. The molecule has 0 radical (unpaired) electrons. The lowest BCUT2D eigenvalue weighted by atomic mass is 10.2. The van der Waals surface area contributed by atoms with Gasteiger partial charge in [0.05, 0.1) is 0 Å². The van der Waals surface area contributed by atoms with Crippen LogP contribution in [0.3, 0.4) is 0 Å². The van der Waals surface area contributed by atoms with Gasteiger partial charge in [0.1, 0.15) is 0 Å². The van der Waals surface area contributed by atoms with E-state index in [4.69, 9.17) is 0 Å². The summed E-state index contributed by atoms with van der Waals surface area (Å²) >= 11 is 0. The van der Waals surface area contributed by atoms with Gasteiger partial charge in [0.15, 0.2) is 0 Å². The summed E-state index contributed by atoms with van der Waals surface area (Å²) in [6.45, 7) is 6.30. The first-order valence-electron chi connectivity index (χ1n) is 3.87. The van der Waals surface area contributed by atoms with Crippen molar-refractivity contribution in [2.75, 3.05) is 5.32 Å². The van der Waals surface area contributed by atoms with Crippen molar-refractivity contribution in [1.29, 1.82) is 0 Å². The number of aromatic nitrogens is 1. The molecule has 1 N–H and O–H groups in total. The average molecular weight is 150 g/mol. The molecule has 1 aromatic heterocycles. The molecular formula is C9H14N2. The van der Waals surface area contributed by atoms with E-state index >= 15 is 0 Å². The molecule has 0 aliphatic heterocycles. The van der Waals surface area contributed by atoms with Crippen LogP contribution in [0.4, 0.5) is 5.69 Å². The first-order valence-corrected chi connectivity index (χ1v) is 3.87. The van der Waals surface area contributed by atoms with Gasteiger partial charge >= 0.3 is 0 Å². The molecule has 0 unspecified atom stereocenters. The molecule has 0 bridgehead atoms. The molecule has 0 atom stereocenters. The summed E-state index contributed by atoms with van der Waals surface area (Å²) in [7, 11) is 0. The van der Waals surface area contributed by atoms with Gasteiger partial charge in [-0.1, -0.05) is 0 Å². The monoisotopic (exact) mass is 150 g/mol. The second kappa shape index (κ2) is 3.37. The fraction of sp³-hybridized carbons (Fsp3) is 0.444. The molecule has 0 aromatic carbocycles. The minimum atomic E-state index is 0.482. The van der Waals surface area contributed by atoms with Crippen LogP contribution in [0, 0.1) is 6.92 Å². The number of anilines is 1. The topological polar surface area (TPSA) is 24.9 Å². The van der Waals surface area contributed by atoms with E-state index in [1.54, 1.807) is 6.20 Å².